The molecule has 5 rings (SSSR count). The van der Waals surface area contributed by atoms with Crippen LogP contribution >= 0.6 is 0 Å². The monoisotopic (exact) mass is 522 g/mol. The minimum atomic E-state index is -3.51. The van der Waals surface area contributed by atoms with E-state index in [1.165, 1.54) is 25.5 Å². The number of hydrogen-bond donors (Lipinski definition) is 2. The van der Waals surface area contributed by atoms with Gasteiger partial charge in [-0.25, -0.2) is 32.9 Å². The normalized spacial score (nSPS) is 16.4. The lowest BCUT2D eigenvalue weighted by Crippen LogP contribution is -2.41. The van der Waals surface area contributed by atoms with Gasteiger partial charge in [-0.1, -0.05) is 26.0 Å². The van der Waals surface area contributed by atoms with Gasteiger partial charge in [0.1, 0.15) is 6.33 Å². The van der Waals surface area contributed by atoms with E-state index in [9.17, 15) is 13.2 Å². The summed E-state index contributed by atoms with van der Waals surface area (Å²) in [5.41, 5.74) is 4.52. The van der Waals surface area contributed by atoms with Crippen LogP contribution in [0.4, 0.5) is 10.5 Å². The number of urea groups is 1. The van der Waals surface area contributed by atoms with Crippen LogP contribution in [0.15, 0.2) is 47.6 Å². The molecule has 0 saturated heterocycles. The second-order valence-electron chi connectivity index (χ2n) is 9.96. The molecule has 0 spiro atoms. The summed E-state index contributed by atoms with van der Waals surface area (Å²) in [7, 11) is -0.542. The summed E-state index contributed by atoms with van der Waals surface area (Å²) in [5, 5.41) is 2.94. The molecule has 2 amide bonds. The van der Waals surface area contributed by atoms with Crippen LogP contribution in [0.25, 0.3) is 11.3 Å². The molecule has 194 valence electrons. The topological polar surface area (TPSA) is 126 Å². The number of nitrogens with one attached hydrogen (secondary N) is 2. The van der Waals surface area contributed by atoms with Crippen molar-refractivity contribution < 1.29 is 17.9 Å². The molecule has 1 aliphatic heterocycles. The summed E-state index contributed by atoms with van der Waals surface area (Å²) in [4.78, 5) is 28.9. The third-order valence-electron chi connectivity index (χ3n) is 6.81. The van der Waals surface area contributed by atoms with Crippen LogP contribution < -0.4 is 19.7 Å². The number of carbonyl (C=O) groups is 1. The zero-order valence-electron chi connectivity index (χ0n) is 21.3. The number of methoxy groups -OCH3 is 1. The van der Waals surface area contributed by atoms with Crippen molar-refractivity contribution in [2.24, 2.45) is 0 Å². The van der Waals surface area contributed by atoms with Crippen molar-refractivity contribution in [3.8, 4) is 17.1 Å². The van der Waals surface area contributed by atoms with Crippen molar-refractivity contribution in [2.75, 3.05) is 25.6 Å². The molecule has 1 saturated carbocycles. The number of nitrogens with zero attached hydrogens (tertiary/aromatic N) is 4. The van der Waals surface area contributed by atoms with E-state index in [4.69, 9.17) is 9.72 Å². The molecular weight excluding hydrogens is 492 g/mol. The van der Waals surface area contributed by atoms with Crippen LogP contribution in [-0.4, -0.2) is 50.1 Å². The molecule has 1 aromatic carbocycles. The first-order valence-corrected chi connectivity index (χ1v) is 13.6. The van der Waals surface area contributed by atoms with Crippen molar-refractivity contribution in [1.29, 1.82) is 0 Å². The predicted octanol–water partition coefficient (Wildman–Crippen LogP) is 3.34. The quantitative estimate of drug-likeness (QED) is 0.487. The molecule has 0 unspecified atom stereocenters. The van der Waals surface area contributed by atoms with Crippen molar-refractivity contribution >= 4 is 21.7 Å². The van der Waals surface area contributed by atoms with Crippen LogP contribution in [0.1, 0.15) is 49.6 Å². The molecular formula is C26H30N6O4S. The first-order valence-electron chi connectivity index (χ1n) is 12.1. The summed E-state index contributed by atoms with van der Waals surface area (Å²) < 4.78 is 31.7. The highest BCUT2D eigenvalue weighted by Gasteiger charge is 2.40. The highest BCUT2D eigenvalue weighted by molar-refractivity contribution is 7.89. The van der Waals surface area contributed by atoms with Gasteiger partial charge >= 0.3 is 6.03 Å². The Morgan fingerprint density at radius 1 is 1.14 bits per heavy atom. The first kappa shape index (κ1) is 25.1. The van der Waals surface area contributed by atoms with Crippen molar-refractivity contribution in [3.05, 3.63) is 59.7 Å². The maximum absolute atomic E-state index is 13.2. The Kier molecular flexibility index (Phi) is 6.36. The minimum Gasteiger partial charge on any atom is -0.480 e. The number of amides is 2. The molecule has 0 radical (unpaired) electrons. The Morgan fingerprint density at radius 2 is 1.86 bits per heavy atom. The standard InChI is InChI=1S/C26H30N6O4S/c1-26(2)14-32(25(33)28-13-16-5-9-18(10-6-16)37(34,35)27-3)20-12-11-19(31-23(20)26)21-22(17-7-8-17)29-15-30-24(21)36-4/h5-6,9-12,15,17,27H,7-8,13-14H2,1-4H3,(H,28,33). The highest BCUT2D eigenvalue weighted by Crippen LogP contribution is 2.47. The Balaban J connectivity index is 1.38. The SMILES string of the molecule is CNS(=O)(=O)c1ccc(CNC(=O)N2CC(C)(C)c3nc(-c4c(OC)ncnc4C4CC4)ccc32)cc1. The van der Waals surface area contributed by atoms with Gasteiger partial charge in [-0.05, 0) is 49.7 Å². The van der Waals surface area contributed by atoms with E-state index < -0.39 is 10.0 Å². The van der Waals surface area contributed by atoms with E-state index in [0.717, 1.165) is 46.7 Å². The van der Waals surface area contributed by atoms with E-state index in [-0.39, 0.29) is 22.9 Å². The van der Waals surface area contributed by atoms with Gasteiger partial charge in [0.15, 0.2) is 0 Å². The fourth-order valence-corrected chi connectivity index (χ4v) is 5.39. The smallest absolute Gasteiger partial charge is 0.322 e. The molecule has 2 aliphatic rings. The maximum Gasteiger partial charge on any atom is 0.322 e. The summed E-state index contributed by atoms with van der Waals surface area (Å²) in [6, 6.07) is 9.99. The third kappa shape index (κ3) is 4.76. The van der Waals surface area contributed by atoms with Gasteiger partial charge in [-0.3, -0.25) is 4.90 Å². The van der Waals surface area contributed by atoms with Crippen LogP contribution in [0.2, 0.25) is 0 Å². The molecule has 1 fully saturated rings. The minimum absolute atomic E-state index is 0.174. The number of hydrogen-bond acceptors (Lipinski definition) is 7. The Morgan fingerprint density at radius 3 is 2.51 bits per heavy atom. The molecule has 0 bridgehead atoms. The lowest BCUT2D eigenvalue weighted by molar-refractivity contribution is 0.245. The van der Waals surface area contributed by atoms with Crippen molar-refractivity contribution in [2.45, 2.75) is 49.5 Å². The molecule has 37 heavy (non-hydrogen) atoms. The second-order valence-corrected chi connectivity index (χ2v) is 11.8. The van der Waals surface area contributed by atoms with Crippen LogP contribution in [-0.2, 0) is 22.0 Å². The predicted molar refractivity (Wildman–Crippen MR) is 139 cm³/mol. The molecule has 2 N–H and O–H groups in total. The average molecular weight is 523 g/mol. The van der Waals surface area contributed by atoms with E-state index in [2.05, 4.69) is 33.9 Å². The van der Waals surface area contributed by atoms with Crippen LogP contribution in [0, 0.1) is 0 Å². The number of aromatic nitrogens is 3. The third-order valence-corrected chi connectivity index (χ3v) is 8.24. The van der Waals surface area contributed by atoms with Gasteiger partial charge < -0.3 is 10.1 Å². The highest BCUT2D eigenvalue weighted by atomic mass is 32.2. The average Bonchev–Trinajstić information content (AvgIpc) is 3.71. The zero-order chi connectivity index (χ0) is 26.4. The Bertz CT molecular complexity index is 1450. The summed E-state index contributed by atoms with van der Waals surface area (Å²) in [6.45, 7) is 4.87. The molecule has 10 nitrogen and oxygen atoms in total. The fraction of sp³-hybridized carbons (Fsp3) is 0.385. The Labute approximate surface area is 216 Å². The number of pyridine rings is 1. The number of rotatable bonds is 7. The molecule has 3 heterocycles. The van der Waals surface area contributed by atoms with E-state index >= 15 is 0 Å². The summed E-state index contributed by atoms with van der Waals surface area (Å²) >= 11 is 0. The maximum atomic E-state index is 13.2. The van der Waals surface area contributed by atoms with E-state index in [0.29, 0.717) is 18.3 Å². The van der Waals surface area contributed by atoms with Gasteiger partial charge in [-0.2, -0.15) is 0 Å². The Hall–Kier alpha value is -3.57. The molecule has 0 atom stereocenters. The van der Waals surface area contributed by atoms with Gasteiger partial charge in [-0.15, -0.1) is 0 Å². The number of ether oxygens (including phenoxy) is 1. The summed E-state index contributed by atoms with van der Waals surface area (Å²) in [6.07, 6.45) is 3.71. The first-order chi connectivity index (χ1) is 17.6. The number of benzene rings is 1. The van der Waals surface area contributed by atoms with Crippen LogP contribution in [0.5, 0.6) is 5.88 Å². The molecule has 3 aromatic rings. The van der Waals surface area contributed by atoms with Crippen molar-refractivity contribution in [3.63, 3.8) is 0 Å². The lowest BCUT2D eigenvalue weighted by atomic mass is 9.91. The van der Waals surface area contributed by atoms with Gasteiger partial charge in [0.25, 0.3) is 0 Å². The number of sulfonamides is 1. The van der Waals surface area contributed by atoms with Gasteiger partial charge in [0, 0.05) is 24.4 Å². The van der Waals surface area contributed by atoms with E-state index in [1.54, 1.807) is 24.1 Å². The summed E-state index contributed by atoms with van der Waals surface area (Å²) in [5.74, 6) is 0.896. The van der Waals surface area contributed by atoms with E-state index in [1.807, 2.05) is 12.1 Å². The largest absolute Gasteiger partial charge is 0.480 e. The zero-order valence-corrected chi connectivity index (χ0v) is 22.1. The van der Waals surface area contributed by atoms with Gasteiger partial charge in [0.05, 0.1) is 40.3 Å². The van der Waals surface area contributed by atoms with Gasteiger partial charge in [0.2, 0.25) is 15.9 Å². The number of fused-ring (bicyclic) bond motifs is 1. The molecule has 2 aromatic heterocycles. The molecule has 11 heteroatoms. The molecule has 1 aliphatic carbocycles. The number of carbonyl (C=O) groups excluding carboxylic acids is 1. The second kappa shape index (κ2) is 9.38. The number of anilines is 1. The van der Waals surface area contributed by atoms with Crippen LogP contribution in [0.3, 0.4) is 0 Å². The lowest BCUT2D eigenvalue weighted by Gasteiger charge is -2.20. The van der Waals surface area contributed by atoms with Crippen molar-refractivity contribution in [1.82, 2.24) is 25.0 Å². The fourth-order valence-electron chi connectivity index (χ4n) is 4.66.